The van der Waals surface area contributed by atoms with Crippen LogP contribution in [0.4, 0.5) is 15.8 Å². The minimum atomic E-state index is -1.49. The zero-order valence-corrected chi connectivity index (χ0v) is 10.7. The van der Waals surface area contributed by atoms with Crippen molar-refractivity contribution >= 4 is 28.7 Å². The Bertz CT molecular complexity index is 660. The fourth-order valence-corrected chi connectivity index (χ4v) is 2.09. The van der Waals surface area contributed by atoms with Gasteiger partial charge in [-0.25, -0.2) is 14.2 Å². The summed E-state index contributed by atoms with van der Waals surface area (Å²) in [5.41, 5.74) is -1.48. The molecule has 0 atom stereocenters. The molecule has 1 aromatic carbocycles. The highest BCUT2D eigenvalue weighted by Crippen LogP contribution is 2.26. The SMILES string of the molecule is O=C(O)c1cc(NCc2nccs2)c(F)cc1[N+](=O)[O-]. The molecule has 0 aliphatic carbocycles. The Labute approximate surface area is 115 Å². The summed E-state index contributed by atoms with van der Waals surface area (Å²) < 4.78 is 13.7. The van der Waals surface area contributed by atoms with E-state index in [9.17, 15) is 19.3 Å². The normalized spacial score (nSPS) is 10.2. The van der Waals surface area contributed by atoms with Crippen LogP contribution in [0.1, 0.15) is 15.4 Å². The molecule has 0 saturated heterocycles. The molecule has 20 heavy (non-hydrogen) atoms. The van der Waals surface area contributed by atoms with Gasteiger partial charge in [-0.3, -0.25) is 10.1 Å². The molecular formula is C11H8FN3O4S. The zero-order chi connectivity index (χ0) is 14.7. The van der Waals surface area contributed by atoms with Crippen molar-refractivity contribution in [1.82, 2.24) is 4.98 Å². The molecule has 0 amide bonds. The minimum absolute atomic E-state index is 0.122. The third-order valence-corrected chi connectivity index (χ3v) is 3.21. The van der Waals surface area contributed by atoms with Crippen LogP contribution in [0.15, 0.2) is 23.7 Å². The first-order chi connectivity index (χ1) is 9.49. The number of aromatic nitrogens is 1. The van der Waals surface area contributed by atoms with Crippen molar-refractivity contribution in [3.63, 3.8) is 0 Å². The second-order valence-corrected chi connectivity index (χ2v) is 4.67. The number of halogens is 1. The van der Waals surface area contributed by atoms with Crippen LogP contribution in [0.5, 0.6) is 0 Å². The lowest BCUT2D eigenvalue weighted by Crippen LogP contribution is -2.07. The first-order valence-corrected chi connectivity index (χ1v) is 6.20. The third-order valence-electron chi connectivity index (χ3n) is 2.43. The van der Waals surface area contributed by atoms with E-state index in [0.29, 0.717) is 11.1 Å². The number of aromatic carboxylic acids is 1. The van der Waals surface area contributed by atoms with Gasteiger partial charge in [0.15, 0.2) is 5.82 Å². The summed E-state index contributed by atoms with van der Waals surface area (Å²) in [5, 5.41) is 24.7. The highest BCUT2D eigenvalue weighted by Gasteiger charge is 2.23. The van der Waals surface area contributed by atoms with Crippen LogP contribution < -0.4 is 5.32 Å². The van der Waals surface area contributed by atoms with Crippen LogP contribution in [-0.2, 0) is 6.54 Å². The monoisotopic (exact) mass is 297 g/mol. The number of carbonyl (C=O) groups is 1. The zero-order valence-electron chi connectivity index (χ0n) is 9.87. The molecule has 2 aromatic rings. The molecule has 9 heteroatoms. The van der Waals surface area contributed by atoms with Gasteiger partial charge < -0.3 is 10.4 Å². The number of thiazole rings is 1. The number of nitrogens with zero attached hydrogens (tertiary/aromatic N) is 2. The van der Waals surface area contributed by atoms with Crippen molar-refractivity contribution in [3.05, 3.63) is 50.2 Å². The summed E-state index contributed by atoms with van der Waals surface area (Å²) in [4.78, 5) is 24.7. The summed E-state index contributed by atoms with van der Waals surface area (Å²) in [6.07, 6.45) is 1.58. The van der Waals surface area contributed by atoms with Gasteiger partial charge in [-0.15, -0.1) is 11.3 Å². The molecule has 104 valence electrons. The summed E-state index contributed by atoms with van der Waals surface area (Å²) in [5.74, 6) is -2.38. The van der Waals surface area contributed by atoms with Gasteiger partial charge in [-0.05, 0) is 6.07 Å². The van der Waals surface area contributed by atoms with Gasteiger partial charge in [0.05, 0.1) is 23.2 Å². The average molecular weight is 297 g/mol. The van der Waals surface area contributed by atoms with Crippen molar-refractivity contribution in [2.45, 2.75) is 6.54 Å². The number of hydrogen-bond donors (Lipinski definition) is 2. The first-order valence-electron chi connectivity index (χ1n) is 5.32. The lowest BCUT2D eigenvalue weighted by molar-refractivity contribution is -0.385. The molecule has 0 radical (unpaired) electrons. The van der Waals surface area contributed by atoms with Crippen LogP contribution in [0.2, 0.25) is 0 Å². The van der Waals surface area contributed by atoms with Gasteiger partial charge in [0.1, 0.15) is 10.6 Å². The second kappa shape index (κ2) is 5.61. The molecule has 2 rings (SSSR count). The highest BCUT2D eigenvalue weighted by molar-refractivity contribution is 7.09. The minimum Gasteiger partial charge on any atom is -0.477 e. The number of carboxylic acid groups (broad SMARTS) is 1. The molecule has 0 aliphatic heterocycles. The van der Waals surface area contributed by atoms with Crippen LogP contribution in [-0.4, -0.2) is 21.0 Å². The van der Waals surface area contributed by atoms with E-state index in [0.717, 1.165) is 6.07 Å². The molecule has 0 aliphatic rings. The molecule has 0 fully saturated rings. The van der Waals surface area contributed by atoms with Crippen molar-refractivity contribution in [1.29, 1.82) is 0 Å². The highest BCUT2D eigenvalue weighted by atomic mass is 32.1. The Kier molecular flexibility index (Phi) is 3.89. The number of benzene rings is 1. The van der Waals surface area contributed by atoms with E-state index in [4.69, 9.17) is 5.11 Å². The number of carboxylic acids is 1. The Morgan fingerprint density at radius 2 is 2.30 bits per heavy atom. The lowest BCUT2D eigenvalue weighted by atomic mass is 10.1. The van der Waals surface area contributed by atoms with Crippen molar-refractivity contribution in [2.24, 2.45) is 0 Å². The second-order valence-electron chi connectivity index (χ2n) is 3.69. The van der Waals surface area contributed by atoms with Crippen LogP contribution >= 0.6 is 11.3 Å². The molecule has 0 saturated carbocycles. The number of hydrogen-bond acceptors (Lipinski definition) is 6. The molecule has 7 nitrogen and oxygen atoms in total. The molecule has 1 heterocycles. The number of nitro groups is 1. The molecule has 0 spiro atoms. The fourth-order valence-electron chi connectivity index (χ4n) is 1.53. The van der Waals surface area contributed by atoms with Crippen LogP contribution in [0.25, 0.3) is 0 Å². The molecule has 0 bridgehead atoms. The van der Waals surface area contributed by atoms with E-state index in [-0.39, 0.29) is 12.2 Å². The van der Waals surface area contributed by atoms with Gasteiger partial charge in [-0.2, -0.15) is 0 Å². The van der Waals surface area contributed by atoms with E-state index >= 15 is 0 Å². The first kappa shape index (κ1) is 13.9. The predicted octanol–water partition coefficient (Wildman–Crippen LogP) is 2.50. The molecular weight excluding hydrogens is 289 g/mol. The number of rotatable bonds is 5. The summed E-state index contributed by atoms with van der Waals surface area (Å²) in [7, 11) is 0. The Balaban J connectivity index is 2.31. The lowest BCUT2D eigenvalue weighted by Gasteiger charge is -2.07. The Morgan fingerprint density at radius 3 is 2.85 bits per heavy atom. The number of nitrogens with one attached hydrogen (secondary N) is 1. The average Bonchev–Trinajstić information content (AvgIpc) is 2.89. The topological polar surface area (TPSA) is 105 Å². The number of anilines is 1. The van der Waals surface area contributed by atoms with E-state index in [1.807, 2.05) is 0 Å². The summed E-state index contributed by atoms with van der Waals surface area (Å²) in [6.45, 7) is 0.200. The van der Waals surface area contributed by atoms with E-state index in [2.05, 4.69) is 10.3 Å². The van der Waals surface area contributed by atoms with Crippen molar-refractivity contribution in [2.75, 3.05) is 5.32 Å². The quantitative estimate of drug-likeness (QED) is 0.649. The van der Waals surface area contributed by atoms with Gasteiger partial charge in [0.25, 0.3) is 5.69 Å². The van der Waals surface area contributed by atoms with Gasteiger partial charge in [0, 0.05) is 11.6 Å². The third kappa shape index (κ3) is 2.88. The standard InChI is InChI=1S/C11H8FN3O4S/c12-7-4-9(15(18)19)6(11(16)17)3-8(7)14-5-10-13-1-2-20-10/h1-4,14H,5H2,(H,16,17). The summed E-state index contributed by atoms with van der Waals surface area (Å²) in [6, 6.07) is 1.50. The van der Waals surface area contributed by atoms with Crippen LogP contribution in [0.3, 0.4) is 0 Å². The maximum atomic E-state index is 13.7. The predicted molar refractivity (Wildman–Crippen MR) is 69.5 cm³/mol. The number of nitro benzene ring substituents is 1. The molecule has 1 aromatic heterocycles. The van der Waals surface area contributed by atoms with Gasteiger partial charge >= 0.3 is 5.97 Å². The van der Waals surface area contributed by atoms with E-state index in [1.54, 1.807) is 11.6 Å². The van der Waals surface area contributed by atoms with Crippen molar-refractivity contribution < 1.29 is 19.2 Å². The maximum absolute atomic E-state index is 13.7. The molecule has 0 unspecified atom stereocenters. The fraction of sp³-hybridized carbons (Fsp3) is 0.0909. The smallest absolute Gasteiger partial charge is 0.342 e. The maximum Gasteiger partial charge on any atom is 0.342 e. The largest absolute Gasteiger partial charge is 0.477 e. The summed E-state index contributed by atoms with van der Waals surface area (Å²) >= 11 is 1.35. The Morgan fingerprint density at radius 1 is 1.55 bits per heavy atom. The van der Waals surface area contributed by atoms with Gasteiger partial charge in [-0.1, -0.05) is 0 Å². The van der Waals surface area contributed by atoms with E-state index in [1.165, 1.54) is 11.3 Å². The van der Waals surface area contributed by atoms with Crippen molar-refractivity contribution in [3.8, 4) is 0 Å². The van der Waals surface area contributed by atoms with Crippen LogP contribution in [0, 0.1) is 15.9 Å². The van der Waals surface area contributed by atoms with Gasteiger partial charge in [0.2, 0.25) is 0 Å². The molecule has 2 N–H and O–H groups in total. The van der Waals surface area contributed by atoms with E-state index < -0.39 is 28.0 Å². The Hall–Kier alpha value is -2.55.